The number of hydrogen-bond acceptors (Lipinski definition) is 6. The van der Waals surface area contributed by atoms with Crippen molar-refractivity contribution >= 4 is 28.4 Å². The highest BCUT2D eigenvalue weighted by molar-refractivity contribution is 6.31. The van der Waals surface area contributed by atoms with Gasteiger partial charge in [-0.25, -0.2) is 19.0 Å². The van der Waals surface area contributed by atoms with Crippen molar-refractivity contribution in [2.75, 3.05) is 0 Å². The lowest BCUT2D eigenvalue weighted by atomic mass is 10.0. The Hall–Kier alpha value is -4.37. The van der Waals surface area contributed by atoms with Gasteiger partial charge in [-0.3, -0.25) is 9.78 Å². The summed E-state index contributed by atoms with van der Waals surface area (Å²) in [6.45, 7) is 3.70. The number of halogens is 2. The minimum absolute atomic E-state index is 0.0373. The molecule has 0 aliphatic rings. The molecular formula is C28H24ClFN6O2. The Morgan fingerprint density at radius 3 is 2.79 bits per heavy atom. The van der Waals surface area contributed by atoms with Gasteiger partial charge in [0.15, 0.2) is 5.82 Å². The number of benzene rings is 2. The van der Waals surface area contributed by atoms with Gasteiger partial charge in [0.1, 0.15) is 30.0 Å². The third-order valence-electron chi connectivity index (χ3n) is 6.19. The van der Waals surface area contributed by atoms with E-state index in [-0.39, 0.29) is 17.5 Å². The molecule has 0 unspecified atom stereocenters. The van der Waals surface area contributed by atoms with Crippen molar-refractivity contribution in [3.63, 3.8) is 0 Å². The highest BCUT2D eigenvalue weighted by atomic mass is 35.5. The fourth-order valence-electron chi connectivity index (χ4n) is 4.36. The molecule has 0 fully saturated rings. The van der Waals surface area contributed by atoms with Crippen LogP contribution in [0.25, 0.3) is 22.3 Å². The standard InChI is InChI=1S/C28H24ClFN6O2/c1-16-10-22(27-32-15-33-36(27)3)20-7-4-8-25(26(20)34-16)38-14-23-21(11-19(30)12-24(23)29)17(2)35-28(37)18-6-5-9-31-13-18/h4-13,15,17H,14H2,1-3H3,(H,35,37)/t17-/m0/s1. The predicted octanol–water partition coefficient (Wildman–Crippen LogP) is 5.60. The number of aryl methyl sites for hydroxylation is 2. The van der Waals surface area contributed by atoms with Crippen molar-refractivity contribution in [1.82, 2.24) is 30.0 Å². The highest BCUT2D eigenvalue weighted by Crippen LogP contribution is 2.34. The second kappa shape index (κ2) is 10.5. The molecule has 10 heteroatoms. The molecule has 0 saturated carbocycles. The zero-order chi connectivity index (χ0) is 26.8. The number of carbonyl (C=O) groups excluding carboxylic acids is 1. The fourth-order valence-corrected chi connectivity index (χ4v) is 4.63. The highest BCUT2D eigenvalue weighted by Gasteiger charge is 2.20. The van der Waals surface area contributed by atoms with Gasteiger partial charge in [0.25, 0.3) is 5.91 Å². The van der Waals surface area contributed by atoms with Gasteiger partial charge >= 0.3 is 0 Å². The van der Waals surface area contributed by atoms with E-state index < -0.39 is 11.9 Å². The van der Waals surface area contributed by atoms with Gasteiger partial charge in [0.2, 0.25) is 0 Å². The molecule has 0 bridgehead atoms. The minimum atomic E-state index is -0.551. The number of rotatable bonds is 7. The third-order valence-corrected chi connectivity index (χ3v) is 6.52. The van der Waals surface area contributed by atoms with Crippen LogP contribution in [0.3, 0.4) is 0 Å². The quantitative estimate of drug-likeness (QED) is 0.294. The van der Waals surface area contributed by atoms with Crippen LogP contribution in [0.15, 0.2) is 67.3 Å². The summed E-state index contributed by atoms with van der Waals surface area (Å²) in [7, 11) is 1.83. The number of nitrogens with zero attached hydrogens (tertiary/aromatic N) is 5. The van der Waals surface area contributed by atoms with Crippen molar-refractivity contribution in [2.45, 2.75) is 26.5 Å². The van der Waals surface area contributed by atoms with Crippen LogP contribution < -0.4 is 10.1 Å². The molecule has 8 nitrogen and oxygen atoms in total. The second-order valence-corrected chi connectivity index (χ2v) is 9.26. The Bertz CT molecular complexity index is 1640. The smallest absolute Gasteiger partial charge is 0.253 e. The maximum absolute atomic E-state index is 14.4. The number of aromatic nitrogens is 5. The first-order valence-electron chi connectivity index (χ1n) is 11.9. The lowest BCUT2D eigenvalue weighted by molar-refractivity contribution is 0.0939. The number of nitrogens with one attached hydrogen (secondary N) is 1. The number of carbonyl (C=O) groups is 1. The van der Waals surface area contributed by atoms with Crippen LogP contribution in [0.1, 0.15) is 40.1 Å². The van der Waals surface area contributed by atoms with Crippen molar-refractivity contribution in [1.29, 1.82) is 0 Å². The van der Waals surface area contributed by atoms with Gasteiger partial charge in [0, 0.05) is 41.6 Å². The van der Waals surface area contributed by atoms with E-state index in [1.165, 1.54) is 24.7 Å². The molecule has 0 aliphatic carbocycles. The zero-order valence-electron chi connectivity index (χ0n) is 20.9. The first-order chi connectivity index (χ1) is 18.3. The molecule has 1 N–H and O–H groups in total. The van der Waals surface area contributed by atoms with Crippen LogP contribution >= 0.6 is 11.6 Å². The number of hydrogen-bond donors (Lipinski definition) is 1. The molecule has 38 heavy (non-hydrogen) atoms. The molecule has 3 heterocycles. The van der Waals surface area contributed by atoms with Gasteiger partial charge in [0.05, 0.1) is 16.6 Å². The number of amides is 1. The lowest BCUT2D eigenvalue weighted by Gasteiger charge is -2.20. The van der Waals surface area contributed by atoms with Gasteiger partial charge in [-0.15, -0.1) is 0 Å². The van der Waals surface area contributed by atoms with Crippen LogP contribution in [0, 0.1) is 12.7 Å². The molecule has 0 radical (unpaired) electrons. The average molecular weight is 531 g/mol. The second-order valence-electron chi connectivity index (χ2n) is 8.85. The number of ether oxygens (including phenoxy) is 1. The molecule has 2 aromatic carbocycles. The molecule has 0 spiro atoms. The van der Waals surface area contributed by atoms with Crippen molar-refractivity contribution in [2.24, 2.45) is 7.05 Å². The Balaban J connectivity index is 1.47. The normalized spacial score (nSPS) is 11.9. The first kappa shape index (κ1) is 25.3. The summed E-state index contributed by atoms with van der Waals surface area (Å²) in [5.74, 6) is 0.405. The Morgan fingerprint density at radius 1 is 1.21 bits per heavy atom. The predicted molar refractivity (Wildman–Crippen MR) is 142 cm³/mol. The van der Waals surface area contributed by atoms with Crippen LogP contribution in [0.2, 0.25) is 5.02 Å². The Kier molecular flexibility index (Phi) is 7.02. The first-order valence-corrected chi connectivity index (χ1v) is 12.3. The summed E-state index contributed by atoms with van der Waals surface area (Å²) in [6.07, 6.45) is 4.56. The third kappa shape index (κ3) is 5.05. The van der Waals surface area contributed by atoms with E-state index in [1.807, 2.05) is 38.2 Å². The summed E-state index contributed by atoms with van der Waals surface area (Å²) in [5.41, 5.74) is 3.80. The van der Waals surface area contributed by atoms with Crippen molar-refractivity contribution < 1.29 is 13.9 Å². The summed E-state index contributed by atoms with van der Waals surface area (Å²) in [4.78, 5) is 25.8. The Labute approximate surface area is 223 Å². The summed E-state index contributed by atoms with van der Waals surface area (Å²) in [5, 5.41) is 8.12. The molecule has 5 aromatic rings. The molecule has 1 atom stereocenters. The summed E-state index contributed by atoms with van der Waals surface area (Å²) >= 11 is 6.48. The minimum Gasteiger partial charge on any atom is -0.487 e. The molecule has 1 amide bonds. The molecule has 5 rings (SSSR count). The molecule has 0 saturated heterocycles. The number of pyridine rings is 2. The molecule has 192 valence electrons. The van der Waals surface area contributed by atoms with E-state index in [9.17, 15) is 9.18 Å². The fraction of sp³-hybridized carbons (Fsp3) is 0.179. The maximum Gasteiger partial charge on any atom is 0.253 e. The van der Waals surface area contributed by atoms with Gasteiger partial charge < -0.3 is 10.1 Å². The van der Waals surface area contributed by atoms with Crippen LogP contribution in [0.5, 0.6) is 5.75 Å². The largest absolute Gasteiger partial charge is 0.487 e. The van der Waals surface area contributed by atoms with Gasteiger partial charge in [-0.2, -0.15) is 5.10 Å². The van der Waals surface area contributed by atoms with Gasteiger partial charge in [-0.1, -0.05) is 23.7 Å². The van der Waals surface area contributed by atoms with E-state index in [2.05, 4.69) is 20.4 Å². The SMILES string of the molecule is Cc1cc(-c2ncnn2C)c2cccc(OCc3c(Cl)cc(F)cc3[C@H](C)NC(=O)c3cccnc3)c2n1. The maximum atomic E-state index is 14.4. The van der Waals surface area contributed by atoms with Gasteiger partial charge in [-0.05, 0) is 55.8 Å². The van der Waals surface area contributed by atoms with Crippen LogP contribution in [-0.2, 0) is 13.7 Å². The monoisotopic (exact) mass is 530 g/mol. The molecule has 3 aromatic heterocycles. The van der Waals surface area contributed by atoms with E-state index in [0.29, 0.717) is 33.8 Å². The van der Waals surface area contributed by atoms with Crippen molar-refractivity contribution in [3.8, 4) is 17.1 Å². The van der Waals surface area contributed by atoms with Crippen molar-refractivity contribution in [3.05, 3.63) is 100 Å². The van der Waals surface area contributed by atoms with E-state index in [0.717, 1.165) is 16.6 Å². The number of fused-ring (bicyclic) bond motifs is 1. The topological polar surface area (TPSA) is 94.8 Å². The van der Waals surface area contributed by atoms with E-state index >= 15 is 0 Å². The average Bonchev–Trinajstić information content (AvgIpc) is 3.33. The molecular weight excluding hydrogens is 507 g/mol. The van der Waals surface area contributed by atoms with Crippen LogP contribution in [-0.4, -0.2) is 30.6 Å². The van der Waals surface area contributed by atoms with Crippen LogP contribution in [0.4, 0.5) is 4.39 Å². The lowest BCUT2D eigenvalue weighted by Crippen LogP contribution is -2.27. The van der Waals surface area contributed by atoms with E-state index in [4.69, 9.17) is 21.3 Å². The summed E-state index contributed by atoms with van der Waals surface area (Å²) < 4.78 is 22.3. The van der Waals surface area contributed by atoms with E-state index in [1.54, 1.807) is 29.9 Å². The Morgan fingerprint density at radius 2 is 2.05 bits per heavy atom. The number of para-hydroxylation sites is 1. The molecule has 0 aliphatic heterocycles. The summed E-state index contributed by atoms with van der Waals surface area (Å²) in [6, 6.07) is 13.0. The zero-order valence-corrected chi connectivity index (χ0v) is 21.7.